The smallest absolute Gasteiger partial charge is 0.148 e. The third-order valence-corrected chi connectivity index (χ3v) is 2.42. The van der Waals surface area contributed by atoms with Crippen LogP contribution < -0.4 is 0 Å². The third kappa shape index (κ3) is 1.79. The lowest BCUT2D eigenvalue weighted by molar-refractivity contribution is -0.132. The van der Waals surface area contributed by atoms with Gasteiger partial charge in [0, 0.05) is 20.6 Å². The second-order valence-corrected chi connectivity index (χ2v) is 3.22. The van der Waals surface area contributed by atoms with Gasteiger partial charge in [0.15, 0.2) is 0 Å². The maximum Gasteiger partial charge on any atom is 0.148 e. The molecule has 3 heteroatoms. The van der Waals surface area contributed by atoms with Gasteiger partial charge < -0.3 is 0 Å². The second kappa shape index (κ2) is 3.32. The number of nitrogens with zero attached hydrogens (tertiary/aromatic N) is 2. The number of carbonyl (C=O) groups is 1. The van der Waals surface area contributed by atoms with Crippen LogP contribution in [0.1, 0.15) is 19.8 Å². The van der Waals surface area contributed by atoms with Crippen molar-refractivity contribution in [2.75, 3.05) is 20.6 Å². The van der Waals surface area contributed by atoms with Crippen molar-refractivity contribution in [2.45, 2.75) is 25.8 Å². The van der Waals surface area contributed by atoms with E-state index in [1.165, 1.54) is 0 Å². The van der Waals surface area contributed by atoms with Crippen molar-refractivity contribution in [3.8, 4) is 0 Å². The van der Waals surface area contributed by atoms with E-state index in [1.807, 2.05) is 19.1 Å². The van der Waals surface area contributed by atoms with Crippen molar-refractivity contribution in [2.24, 2.45) is 0 Å². The minimum absolute atomic E-state index is 0.119. The van der Waals surface area contributed by atoms with Crippen LogP contribution in [0.25, 0.3) is 0 Å². The van der Waals surface area contributed by atoms with Gasteiger partial charge in [-0.1, -0.05) is 0 Å². The summed E-state index contributed by atoms with van der Waals surface area (Å²) < 4.78 is 0. The van der Waals surface area contributed by atoms with E-state index in [0.29, 0.717) is 0 Å². The summed E-state index contributed by atoms with van der Waals surface area (Å²) in [5.41, 5.74) is 0. The predicted molar refractivity (Wildman–Crippen MR) is 44.1 cm³/mol. The molecule has 0 aromatic carbocycles. The van der Waals surface area contributed by atoms with Gasteiger partial charge in [-0.25, -0.2) is 10.0 Å². The molecule has 1 rings (SSSR count). The number of likely N-dealkylation sites (N-methyl/N-ethyl adjacent to an activating group) is 1. The molecule has 0 amide bonds. The summed E-state index contributed by atoms with van der Waals surface area (Å²) in [6, 6.07) is 0.119. The first-order chi connectivity index (χ1) is 5.13. The van der Waals surface area contributed by atoms with Crippen LogP contribution >= 0.6 is 0 Å². The molecule has 1 aliphatic rings. The molecule has 1 heterocycles. The highest BCUT2D eigenvalue weighted by atomic mass is 16.1. The van der Waals surface area contributed by atoms with Crippen LogP contribution in [0.15, 0.2) is 0 Å². The van der Waals surface area contributed by atoms with E-state index in [4.69, 9.17) is 0 Å². The number of Topliss-reactive ketones (excluding diaryl/α,β-unsaturated/α-hetero) is 1. The fourth-order valence-corrected chi connectivity index (χ4v) is 1.56. The number of carbonyl (C=O) groups excluding carboxylic acids is 1. The summed E-state index contributed by atoms with van der Waals surface area (Å²) in [5.74, 6) is 0.277. The molecular weight excluding hydrogens is 140 g/mol. The molecule has 0 aromatic heterocycles. The highest BCUT2D eigenvalue weighted by Gasteiger charge is 2.25. The third-order valence-electron chi connectivity index (χ3n) is 2.42. The lowest BCUT2D eigenvalue weighted by atomic mass is 10.1. The van der Waals surface area contributed by atoms with Crippen LogP contribution in [0.3, 0.4) is 0 Å². The van der Waals surface area contributed by atoms with Crippen LogP contribution in [0.5, 0.6) is 0 Å². The van der Waals surface area contributed by atoms with Gasteiger partial charge in [-0.05, 0) is 19.8 Å². The van der Waals surface area contributed by atoms with Crippen molar-refractivity contribution in [1.29, 1.82) is 0 Å². The van der Waals surface area contributed by atoms with Gasteiger partial charge in [0.1, 0.15) is 5.78 Å². The van der Waals surface area contributed by atoms with Gasteiger partial charge in [-0.3, -0.25) is 4.79 Å². The summed E-state index contributed by atoms with van der Waals surface area (Å²) in [6.07, 6.45) is 2.14. The average molecular weight is 156 g/mol. The molecule has 11 heavy (non-hydrogen) atoms. The Bertz CT molecular complexity index is 158. The minimum Gasteiger partial charge on any atom is -0.298 e. The molecule has 0 N–H and O–H groups in total. The Morgan fingerprint density at radius 2 is 2.09 bits per heavy atom. The van der Waals surface area contributed by atoms with Crippen LogP contribution in [0.4, 0.5) is 0 Å². The van der Waals surface area contributed by atoms with Crippen molar-refractivity contribution in [1.82, 2.24) is 10.0 Å². The van der Waals surface area contributed by atoms with E-state index in [9.17, 15) is 4.79 Å². The van der Waals surface area contributed by atoms with Crippen molar-refractivity contribution in [3.05, 3.63) is 0 Å². The summed E-state index contributed by atoms with van der Waals surface area (Å²) in [6.45, 7) is 2.74. The van der Waals surface area contributed by atoms with E-state index in [0.717, 1.165) is 19.4 Å². The van der Waals surface area contributed by atoms with Crippen molar-refractivity contribution in [3.63, 3.8) is 0 Å². The minimum atomic E-state index is 0.119. The van der Waals surface area contributed by atoms with E-state index in [-0.39, 0.29) is 11.8 Å². The largest absolute Gasteiger partial charge is 0.298 e. The molecular formula is C8H16N2O. The zero-order valence-corrected chi connectivity index (χ0v) is 7.50. The maximum atomic E-state index is 11.1. The first-order valence-electron chi connectivity index (χ1n) is 4.07. The molecule has 1 fully saturated rings. The molecule has 1 aliphatic heterocycles. The molecule has 0 saturated carbocycles. The van der Waals surface area contributed by atoms with E-state index < -0.39 is 0 Å². The fraction of sp³-hybridized carbons (Fsp3) is 0.875. The Balaban J connectivity index is 2.58. The number of hydrogen-bond donors (Lipinski definition) is 0. The van der Waals surface area contributed by atoms with Crippen molar-refractivity contribution < 1.29 is 4.79 Å². The Labute approximate surface area is 67.9 Å². The first kappa shape index (κ1) is 8.68. The summed E-state index contributed by atoms with van der Waals surface area (Å²) in [7, 11) is 4.00. The summed E-state index contributed by atoms with van der Waals surface area (Å²) >= 11 is 0. The van der Waals surface area contributed by atoms with E-state index >= 15 is 0 Å². The number of rotatable bonds is 1. The molecule has 1 atom stereocenters. The highest BCUT2D eigenvalue weighted by Crippen LogP contribution is 2.14. The molecule has 0 bridgehead atoms. The Hall–Kier alpha value is -0.410. The zero-order valence-electron chi connectivity index (χ0n) is 7.50. The van der Waals surface area contributed by atoms with E-state index in [2.05, 4.69) is 5.01 Å². The van der Waals surface area contributed by atoms with Crippen LogP contribution in [-0.4, -0.2) is 42.5 Å². The van der Waals surface area contributed by atoms with Crippen LogP contribution in [-0.2, 0) is 4.79 Å². The van der Waals surface area contributed by atoms with Gasteiger partial charge in [0.05, 0.1) is 6.04 Å². The van der Waals surface area contributed by atoms with Gasteiger partial charge in [-0.15, -0.1) is 0 Å². The fourth-order valence-electron chi connectivity index (χ4n) is 1.56. The standard InChI is InChI=1S/C8H16N2O/c1-7(11)8-5-4-6-9(2)10(8)3/h8H,4-6H2,1-3H3. The SMILES string of the molecule is CC(=O)C1CCCN(C)N1C. The number of hydrogen-bond acceptors (Lipinski definition) is 3. The second-order valence-electron chi connectivity index (χ2n) is 3.22. The van der Waals surface area contributed by atoms with Gasteiger partial charge in [-0.2, -0.15) is 0 Å². The maximum absolute atomic E-state index is 11.1. The molecule has 0 aromatic rings. The Morgan fingerprint density at radius 1 is 1.45 bits per heavy atom. The summed E-state index contributed by atoms with van der Waals surface area (Å²) in [4.78, 5) is 11.1. The van der Waals surface area contributed by atoms with Gasteiger partial charge in [0.2, 0.25) is 0 Å². The lowest BCUT2D eigenvalue weighted by Crippen LogP contribution is -2.51. The average Bonchev–Trinajstić information content (AvgIpc) is 1.94. The van der Waals surface area contributed by atoms with E-state index in [1.54, 1.807) is 6.92 Å². The van der Waals surface area contributed by atoms with Crippen LogP contribution in [0.2, 0.25) is 0 Å². The Morgan fingerprint density at radius 3 is 2.55 bits per heavy atom. The quantitative estimate of drug-likeness (QED) is 0.553. The zero-order chi connectivity index (χ0) is 8.43. The molecule has 0 spiro atoms. The highest BCUT2D eigenvalue weighted by molar-refractivity contribution is 5.81. The molecule has 3 nitrogen and oxygen atoms in total. The lowest BCUT2D eigenvalue weighted by Gasteiger charge is -2.38. The monoisotopic (exact) mass is 156 g/mol. The molecule has 0 radical (unpaired) electrons. The van der Waals surface area contributed by atoms with Crippen molar-refractivity contribution >= 4 is 5.78 Å². The topological polar surface area (TPSA) is 23.6 Å². The first-order valence-corrected chi connectivity index (χ1v) is 4.07. The molecule has 1 unspecified atom stereocenters. The Kier molecular flexibility index (Phi) is 2.62. The van der Waals surface area contributed by atoms with Gasteiger partial charge >= 0.3 is 0 Å². The molecule has 0 aliphatic carbocycles. The number of ketones is 1. The van der Waals surface area contributed by atoms with Gasteiger partial charge in [0.25, 0.3) is 0 Å². The normalized spacial score (nSPS) is 28.8. The number of hydrazine groups is 1. The molecule has 1 saturated heterocycles. The summed E-state index contributed by atoms with van der Waals surface area (Å²) in [5, 5.41) is 4.14. The predicted octanol–water partition coefficient (Wildman–Crippen LogP) is 0.516. The molecule has 64 valence electrons. The van der Waals surface area contributed by atoms with Crippen LogP contribution in [0, 0.1) is 0 Å².